The summed E-state index contributed by atoms with van der Waals surface area (Å²) in [4.78, 5) is 0. The van der Waals surface area contributed by atoms with Crippen LogP contribution in [0.1, 0.15) is 30.5 Å². The Labute approximate surface area is 127 Å². The highest BCUT2D eigenvalue weighted by molar-refractivity contribution is 7.99. The van der Waals surface area contributed by atoms with Crippen molar-refractivity contribution in [2.24, 2.45) is 0 Å². The van der Waals surface area contributed by atoms with Gasteiger partial charge < -0.3 is 14.8 Å². The highest BCUT2D eigenvalue weighted by atomic mass is 32.2. The Morgan fingerprint density at radius 2 is 2.10 bits per heavy atom. The zero-order chi connectivity index (χ0) is 14.8. The summed E-state index contributed by atoms with van der Waals surface area (Å²) >= 11 is 1.91. The van der Waals surface area contributed by atoms with Crippen LogP contribution in [0.2, 0.25) is 0 Å². The molecule has 0 saturated heterocycles. The number of rotatable bonds is 10. The van der Waals surface area contributed by atoms with Gasteiger partial charge in [0.05, 0.1) is 13.7 Å². The number of thioether (sulfide) groups is 1. The van der Waals surface area contributed by atoms with Crippen molar-refractivity contribution in [3.8, 4) is 5.75 Å². The monoisotopic (exact) mass is 297 g/mol. The van der Waals surface area contributed by atoms with E-state index in [1.807, 2.05) is 11.8 Å². The van der Waals surface area contributed by atoms with Crippen LogP contribution in [-0.4, -0.2) is 38.9 Å². The van der Waals surface area contributed by atoms with E-state index in [-0.39, 0.29) is 0 Å². The van der Waals surface area contributed by atoms with E-state index in [1.54, 1.807) is 14.2 Å². The molecule has 1 aromatic rings. The molecule has 0 radical (unpaired) electrons. The van der Waals surface area contributed by atoms with E-state index >= 15 is 0 Å². The van der Waals surface area contributed by atoms with Crippen LogP contribution >= 0.6 is 11.8 Å². The van der Waals surface area contributed by atoms with E-state index in [0.29, 0.717) is 6.04 Å². The molecular weight excluding hydrogens is 270 g/mol. The average molecular weight is 297 g/mol. The fraction of sp³-hybridized carbons (Fsp3) is 0.625. The molecule has 0 aliphatic rings. The zero-order valence-corrected chi connectivity index (χ0v) is 13.9. The van der Waals surface area contributed by atoms with Gasteiger partial charge in [0.25, 0.3) is 0 Å². The Morgan fingerprint density at radius 3 is 2.75 bits per heavy atom. The van der Waals surface area contributed by atoms with E-state index in [0.717, 1.165) is 36.8 Å². The van der Waals surface area contributed by atoms with Crippen LogP contribution < -0.4 is 10.1 Å². The minimum absolute atomic E-state index is 0.326. The lowest BCUT2D eigenvalue weighted by Crippen LogP contribution is -2.25. The smallest absolute Gasteiger partial charge is 0.123 e. The van der Waals surface area contributed by atoms with Crippen molar-refractivity contribution in [1.29, 1.82) is 0 Å². The third kappa shape index (κ3) is 5.73. The second-order valence-electron chi connectivity index (χ2n) is 4.82. The molecule has 0 fully saturated rings. The summed E-state index contributed by atoms with van der Waals surface area (Å²) in [7, 11) is 3.49. The number of benzene rings is 1. The van der Waals surface area contributed by atoms with Gasteiger partial charge in [-0.1, -0.05) is 24.6 Å². The number of hydrogen-bond donors (Lipinski definition) is 1. The second-order valence-corrected chi connectivity index (χ2v) is 5.97. The maximum absolute atomic E-state index is 5.51. The van der Waals surface area contributed by atoms with Gasteiger partial charge in [-0.15, -0.1) is 0 Å². The standard InChI is InChI=1S/C16H27NO2S/c1-5-8-17-15(12-20-10-9-18-3)14-11-13(2)6-7-16(14)19-4/h6-7,11,15,17H,5,8-10,12H2,1-4H3. The highest BCUT2D eigenvalue weighted by Gasteiger charge is 2.15. The zero-order valence-electron chi connectivity index (χ0n) is 13.1. The first-order valence-electron chi connectivity index (χ1n) is 7.17. The quantitative estimate of drug-likeness (QED) is 0.670. The third-order valence-corrected chi connectivity index (χ3v) is 4.14. The molecule has 0 aliphatic carbocycles. The van der Waals surface area contributed by atoms with Gasteiger partial charge in [-0.3, -0.25) is 0 Å². The Morgan fingerprint density at radius 1 is 1.30 bits per heavy atom. The van der Waals surface area contributed by atoms with Gasteiger partial charge in [-0.25, -0.2) is 0 Å². The topological polar surface area (TPSA) is 30.5 Å². The molecule has 1 aromatic carbocycles. The first-order valence-corrected chi connectivity index (χ1v) is 8.33. The molecule has 20 heavy (non-hydrogen) atoms. The Hall–Kier alpha value is -0.710. The molecule has 1 N–H and O–H groups in total. The molecule has 0 heterocycles. The van der Waals surface area contributed by atoms with Crippen LogP contribution in [-0.2, 0) is 4.74 Å². The molecule has 0 spiro atoms. The van der Waals surface area contributed by atoms with Crippen molar-refractivity contribution in [2.75, 3.05) is 38.9 Å². The van der Waals surface area contributed by atoms with E-state index in [9.17, 15) is 0 Å². The molecular formula is C16H27NO2S. The summed E-state index contributed by atoms with van der Waals surface area (Å²) < 4.78 is 10.6. The normalized spacial score (nSPS) is 12.4. The summed E-state index contributed by atoms with van der Waals surface area (Å²) in [5, 5.41) is 3.62. The van der Waals surface area contributed by atoms with Crippen LogP contribution in [0, 0.1) is 6.92 Å². The summed E-state index contributed by atoms with van der Waals surface area (Å²) in [6.07, 6.45) is 1.13. The largest absolute Gasteiger partial charge is 0.496 e. The number of hydrogen-bond acceptors (Lipinski definition) is 4. The lowest BCUT2D eigenvalue weighted by Gasteiger charge is -2.21. The summed E-state index contributed by atoms with van der Waals surface area (Å²) in [6.45, 7) is 6.14. The average Bonchev–Trinajstić information content (AvgIpc) is 2.46. The van der Waals surface area contributed by atoms with Gasteiger partial charge in [0.2, 0.25) is 0 Å². The van der Waals surface area contributed by atoms with E-state index in [1.165, 1.54) is 11.1 Å². The predicted octanol–water partition coefficient (Wildman–Crippen LogP) is 3.42. The molecule has 1 atom stereocenters. The summed E-state index contributed by atoms with van der Waals surface area (Å²) in [5.74, 6) is 3.02. The van der Waals surface area contributed by atoms with Crippen molar-refractivity contribution < 1.29 is 9.47 Å². The lowest BCUT2D eigenvalue weighted by atomic mass is 10.0. The van der Waals surface area contributed by atoms with Crippen LogP contribution in [0.25, 0.3) is 0 Å². The van der Waals surface area contributed by atoms with Crippen molar-refractivity contribution in [1.82, 2.24) is 5.32 Å². The minimum atomic E-state index is 0.326. The number of ether oxygens (including phenoxy) is 2. The van der Waals surface area contributed by atoms with Gasteiger partial charge >= 0.3 is 0 Å². The maximum atomic E-state index is 5.51. The maximum Gasteiger partial charge on any atom is 0.123 e. The molecule has 1 rings (SSSR count). The molecule has 114 valence electrons. The fourth-order valence-corrected chi connectivity index (χ4v) is 3.03. The van der Waals surface area contributed by atoms with Crippen molar-refractivity contribution in [2.45, 2.75) is 26.3 Å². The molecule has 4 heteroatoms. The summed E-state index contributed by atoms with van der Waals surface area (Å²) in [5.41, 5.74) is 2.52. The van der Waals surface area contributed by atoms with E-state index in [4.69, 9.17) is 9.47 Å². The Balaban J connectivity index is 2.77. The molecule has 0 amide bonds. The van der Waals surface area contributed by atoms with E-state index in [2.05, 4.69) is 37.4 Å². The first-order chi connectivity index (χ1) is 9.72. The Kier molecular flexibility index (Phi) is 8.74. The molecule has 0 aliphatic heterocycles. The van der Waals surface area contributed by atoms with Crippen LogP contribution in [0.5, 0.6) is 5.75 Å². The van der Waals surface area contributed by atoms with Gasteiger partial charge in [0, 0.05) is 30.2 Å². The van der Waals surface area contributed by atoms with Gasteiger partial charge in [-0.2, -0.15) is 11.8 Å². The van der Waals surface area contributed by atoms with Gasteiger partial charge in [0.15, 0.2) is 0 Å². The van der Waals surface area contributed by atoms with Crippen LogP contribution in [0.4, 0.5) is 0 Å². The van der Waals surface area contributed by atoms with Gasteiger partial charge in [-0.05, 0) is 26.0 Å². The molecule has 1 unspecified atom stereocenters. The fourth-order valence-electron chi connectivity index (χ4n) is 2.05. The number of aryl methyl sites for hydroxylation is 1. The Bertz CT molecular complexity index is 385. The van der Waals surface area contributed by atoms with Crippen molar-refractivity contribution in [3.63, 3.8) is 0 Å². The van der Waals surface area contributed by atoms with Crippen LogP contribution in [0.15, 0.2) is 18.2 Å². The SMILES string of the molecule is CCCNC(CSCCOC)c1cc(C)ccc1OC. The minimum Gasteiger partial charge on any atom is -0.496 e. The second kappa shape index (κ2) is 10.1. The van der Waals surface area contributed by atoms with Crippen molar-refractivity contribution in [3.05, 3.63) is 29.3 Å². The van der Waals surface area contributed by atoms with Crippen LogP contribution in [0.3, 0.4) is 0 Å². The number of nitrogens with one attached hydrogen (secondary N) is 1. The molecule has 3 nitrogen and oxygen atoms in total. The molecule has 0 aromatic heterocycles. The van der Waals surface area contributed by atoms with Gasteiger partial charge in [0.1, 0.15) is 5.75 Å². The first kappa shape index (κ1) is 17.3. The molecule has 0 saturated carbocycles. The van der Waals surface area contributed by atoms with Crippen molar-refractivity contribution >= 4 is 11.8 Å². The molecule has 0 bridgehead atoms. The highest BCUT2D eigenvalue weighted by Crippen LogP contribution is 2.28. The summed E-state index contributed by atoms with van der Waals surface area (Å²) in [6, 6.07) is 6.71. The third-order valence-electron chi connectivity index (χ3n) is 3.12. The number of methoxy groups -OCH3 is 2. The predicted molar refractivity (Wildman–Crippen MR) is 88.0 cm³/mol. The van der Waals surface area contributed by atoms with E-state index < -0.39 is 0 Å². The lowest BCUT2D eigenvalue weighted by molar-refractivity contribution is 0.218.